The second kappa shape index (κ2) is 48.8. The number of rotatable bonds is 32. The van der Waals surface area contributed by atoms with Gasteiger partial charge in [-0.15, -0.1) is 0 Å². The molecule has 6 N–H and O–H groups in total. The maximum Gasteiger partial charge on any atom is 0.251 e. The van der Waals surface area contributed by atoms with Crippen molar-refractivity contribution in [1.29, 1.82) is 0 Å². The molecule has 0 spiro atoms. The number of hydrogen-bond acceptors (Lipinski definition) is 12. The predicted molar refractivity (Wildman–Crippen MR) is 518 cm³/mol. The van der Waals surface area contributed by atoms with E-state index in [1.54, 1.807) is 6.08 Å². The Morgan fingerprint density at radius 3 is 1.04 bits per heavy atom. The van der Waals surface area contributed by atoms with Crippen LogP contribution in [0.3, 0.4) is 0 Å². The van der Waals surface area contributed by atoms with Crippen molar-refractivity contribution >= 4 is 63.1 Å². The summed E-state index contributed by atoms with van der Waals surface area (Å²) in [4.78, 5) is 95.0. The summed E-state index contributed by atoms with van der Waals surface area (Å²) in [6.45, 7) is 28.4. The van der Waals surface area contributed by atoms with E-state index < -0.39 is 0 Å². The molecule has 6 fully saturated rings. The van der Waals surface area contributed by atoms with Gasteiger partial charge < -0.3 is 61.3 Å². The molecular formula is C109H142N12O6. The van der Waals surface area contributed by atoms with Gasteiger partial charge in [-0.3, -0.25) is 28.8 Å². The minimum Gasteiger partial charge on any atom is -0.351 e. The maximum atomic E-state index is 14.2. The first kappa shape index (κ1) is 94.4. The zero-order valence-corrected chi connectivity index (χ0v) is 76.5. The smallest absolute Gasteiger partial charge is 0.251 e. The topological polar surface area (TPSA) is 194 Å². The quantitative estimate of drug-likeness (QED) is 0.0219. The van der Waals surface area contributed by atoms with Crippen molar-refractivity contribution in [2.24, 2.45) is 11.8 Å². The van der Waals surface area contributed by atoms with Crippen LogP contribution in [0.5, 0.6) is 0 Å². The lowest BCUT2D eigenvalue weighted by atomic mass is 9.87. The number of carbonyl (C=O) groups is 6. The highest BCUT2D eigenvalue weighted by atomic mass is 16.2. The first-order chi connectivity index (χ1) is 61.9. The molecule has 6 aliphatic rings. The second-order valence-corrected chi connectivity index (χ2v) is 37.4. The van der Waals surface area contributed by atoms with Crippen LogP contribution in [0.4, 0.5) is 0 Å². The number of fused-ring (bicyclic) bond motifs is 2. The largest absolute Gasteiger partial charge is 0.351 e. The maximum absolute atomic E-state index is 14.2. The number of piperidine rings is 3. The Balaban J connectivity index is 0.000000163. The highest BCUT2D eigenvalue weighted by Gasteiger charge is 2.38. The van der Waals surface area contributed by atoms with Crippen LogP contribution in [0.15, 0.2) is 237 Å². The SMILES string of the molecule is CC(C)[C@@H](CN1CC[C@@H](CNC(=O)c2ccc3ccccc3c2)N[C@@H](CCN2CCCCC2)C1=O)c1ccccc1.CC(C)[C@H](CN1CC[C@@H](CNC(=O)c2ccc3ccccc3c2)N[C@@H](CCN2CCCCC2)C1=O)c1ccccc1.CC(C)c1ccc(/C=C/C(=O)NC[C@@H]2CCN(CC(c3ccccc3)c3ccccc3)C(=O)[C@H](CCN3CCCCC3)N2)cc1. The van der Waals surface area contributed by atoms with Crippen molar-refractivity contribution < 1.29 is 28.8 Å². The van der Waals surface area contributed by atoms with Crippen molar-refractivity contribution in [2.45, 2.75) is 198 Å². The second-order valence-electron chi connectivity index (χ2n) is 37.4. The first-order valence-corrected chi connectivity index (χ1v) is 48.0. The minimum absolute atomic E-state index is 0.0138. The summed E-state index contributed by atoms with van der Waals surface area (Å²) in [5.74, 6) is 2.30. The molecule has 9 aromatic rings. The molecular weight excluding hydrogens is 1570 g/mol. The summed E-state index contributed by atoms with van der Waals surface area (Å²) < 4.78 is 0. The van der Waals surface area contributed by atoms with Gasteiger partial charge in [0.1, 0.15) is 0 Å². The molecule has 6 heterocycles. The molecule has 0 bridgehead atoms. The average molecular weight is 1720 g/mol. The van der Waals surface area contributed by atoms with Gasteiger partial charge in [0.05, 0.1) is 18.1 Å². The number of likely N-dealkylation sites (tertiary alicyclic amines) is 3. The van der Waals surface area contributed by atoms with Gasteiger partial charge in [-0.2, -0.15) is 0 Å². The first-order valence-electron chi connectivity index (χ1n) is 48.0. The van der Waals surface area contributed by atoms with Crippen molar-refractivity contribution in [1.82, 2.24) is 61.3 Å². The molecule has 674 valence electrons. The van der Waals surface area contributed by atoms with Crippen LogP contribution in [0, 0.1) is 11.8 Å². The number of nitrogens with one attached hydrogen (secondary N) is 6. The normalized spacial score (nSPS) is 20.6. The van der Waals surface area contributed by atoms with Crippen molar-refractivity contribution in [2.75, 3.05) is 118 Å². The Bertz CT molecular complexity index is 4680. The number of benzene rings is 9. The van der Waals surface area contributed by atoms with E-state index in [4.69, 9.17) is 0 Å². The van der Waals surface area contributed by atoms with E-state index in [9.17, 15) is 28.8 Å². The van der Waals surface area contributed by atoms with Gasteiger partial charge in [0, 0.05) is 132 Å². The molecule has 6 aliphatic heterocycles. The average Bonchev–Trinajstić information content (AvgIpc) is 1.35. The van der Waals surface area contributed by atoms with E-state index in [-0.39, 0.29) is 89.4 Å². The van der Waals surface area contributed by atoms with E-state index >= 15 is 0 Å². The Morgan fingerprint density at radius 1 is 0.354 bits per heavy atom. The molecule has 127 heavy (non-hydrogen) atoms. The van der Waals surface area contributed by atoms with Crippen LogP contribution in [-0.2, 0) is 19.2 Å². The van der Waals surface area contributed by atoms with Gasteiger partial charge >= 0.3 is 0 Å². The standard InChI is InChI=1S/C39H50N4O2.2C35H46N4O2/c1-30(2)32-19-16-31(17-20-32)18-21-38(44)40-28-35-22-27-43(39(45)37(41-35)23-26-42-24-10-5-11-25-42)29-36(33-12-6-3-7-13-33)34-14-8-4-9-15-34;2*1-26(2)32(28-12-5-3-6-13-28)25-39-22-17-31(37-33(35(39)41)18-21-38-19-9-4-10-20-38)24-36-34(40)30-16-15-27-11-7-8-14-29(27)23-30/h3-4,6-9,12-21,30,35-37,41H,5,10-11,22-29H2,1-2H3,(H,40,44);2*3,5-8,11-16,23,26,31-33,37H,4,9-10,17-22,24-25H2,1-2H3,(H,36,40)/b21-18+;;/t35-,37-;31-,32+,33-;31-,32-,33-/m000/s1. The van der Waals surface area contributed by atoms with Gasteiger partial charge in [-0.25, -0.2) is 0 Å². The summed E-state index contributed by atoms with van der Waals surface area (Å²) >= 11 is 0. The number of carbonyl (C=O) groups excluding carboxylic acids is 6. The molecule has 15 rings (SSSR count). The fourth-order valence-corrected chi connectivity index (χ4v) is 19.4. The van der Waals surface area contributed by atoms with E-state index in [0.29, 0.717) is 74.7 Å². The third-order valence-electron chi connectivity index (χ3n) is 27.2. The number of amides is 6. The summed E-state index contributed by atoms with van der Waals surface area (Å²) in [7, 11) is 0. The molecule has 6 saturated heterocycles. The Morgan fingerprint density at radius 2 is 0.685 bits per heavy atom. The molecule has 18 heteroatoms. The fourth-order valence-electron chi connectivity index (χ4n) is 19.4. The van der Waals surface area contributed by atoms with Gasteiger partial charge in [-0.05, 0) is 219 Å². The predicted octanol–water partition coefficient (Wildman–Crippen LogP) is 17.1. The van der Waals surface area contributed by atoms with E-state index in [2.05, 4.69) is 248 Å². The summed E-state index contributed by atoms with van der Waals surface area (Å²) in [5, 5.41) is 24.8. The Hall–Kier alpha value is -10.2. The van der Waals surface area contributed by atoms with Gasteiger partial charge in [0.25, 0.3) is 11.8 Å². The fraction of sp³-hybridized carbons (Fsp3) is 0.468. The highest BCUT2D eigenvalue weighted by molar-refractivity contribution is 6.00. The van der Waals surface area contributed by atoms with E-state index in [0.717, 1.165) is 138 Å². The zero-order valence-electron chi connectivity index (χ0n) is 76.5. The van der Waals surface area contributed by atoms with Crippen LogP contribution in [-0.4, -0.2) is 219 Å². The highest BCUT2D eigenvalue weighted by Crippen LogP contribution is 2.32. The van der Waals surface area contributed by atoms with Crippen LogP contribution in [0.25, 0.3) is 27.6 Å². The lowest BCUT2D eigenvalue weighted by Crippen LogP contribution is -2.50. The van der Waals surface area contributed by atoms with E-state index in [1.165, 1.54) is 85.6 Å². The molecule has 9 aromatic carbocycles. The third-order valence-corrected chi connectivity index (χ3v) is 27.2. The Labute approximate surface area is 757 Å². The third kappa shape index (κ3) is 28.4. The molecule has 0 saturated carbocycles. The Kier molecular flexibility index (Phi) is 36.3. The van der Waals surface area contributed by atoms with Crippen LogP contribution < -0.4 is 31.9 Å². The summed E-state index contributed by atoms with van der Waals surface area (Å²) in [5.41, 5.74) is 8.63. The molecule has 8 atom stereocenters. The van der Waals surface area contributed by atoms with Crippen LogP contribution >= 0.6 is 0 Å². The van der Waals surface area contributed by atoms with Gasteiger partial charge in [0.2, 0.25) is 23.6 Å². The van der Waals surface area contributed by atoms with Crippen molar-refractivity contribution in [3.8, 4) is 0 Å². The van der Waals surface area contributed by atoms with E-state index in [1.807, 2.05) is 91.0 Å². The summed E-state index contributed by atoms with van der Waals surface area (Å²) in [6.07, 6.45) is 19.6. The summed E-state index contributed by atoms with van der Waals surface area (Å²) in [6, 6.07) is 77.8. The number of nitrogens with zero attached hydrogens (tertiary/aromatic N) is 6. The zero-order chi connectivity index (χ0) is 88.6. The molecule has 0 aromatic heterocycles. The van der Waals surface area contributed by atoms with Gasteiger partial charge in [-0.1, -0.05) is 267 Å². The van der Waals surface area contributed by atoms with Crippen molar-refractivity contribution in [3.05, 3.63) is 281 Å². The molecule has 0 unspecified atom stereocenters. The number of hydrogen-bond donors (Lipinski definition) is 6. The lowest BCUT2D eigenvalue weighted by Gasteiger charge is -2.32. The van der Waals surface area contributed by atoms with Crippen LogP contribution in [0.1, 0.15) is 216 Å². The molecule has 18 nitrogen and oxygen atoms in total. The minimum atomic E-state index is -0.279. The van der Waals surface area contributed by atoms with Gasteiger partial charge in [0.15, 0.2) is 0 Å². The van der Waals surface area contributed by atoms with Crippen molar-refractivity contribution in [3.63, 3.8) is 0 Å². The molecule has 6 amide bonds. The monoisotopic (exact) mass is 1720 g/mol. The molecule has 0 radical (unpaired) electrons. The van der Waals surface area contributed by atoms with Crippen LogP contribution in [0.2, 0.25) is 0 Å². The molecule has 0 aliphatic carbocycles. The lowest BCUT2D eigenvalue weighted by molar-refractivity contribution is -0.134.